The number of benzene rings is 1. The Hall–Kier alpha value is -3.18. The number of nitrogens with zero attached hydrogens (tertiary/aromatic N) is 4. The predicted octanol–water partition coefficient (Wildman–Crippen LogP) is 5.09. The summed E-state index contributed by atoms with van der Waals surface area (Å²) in [5.74, 6) is 1.84. The molecule has 41 heavy (non-hydrogen) atoms. The Morgan fingerprint density at radius 3 is 2.61 bits per heavy atom. The number of anilines is 2. The highest BCUT2D eigenvalue weighted by molar-refractivity contribution is 6.41. The van der Waals surface area contributed by atoms with Gasteiger partial charge in [-0.3, -0.25) is 4.79 Å². The number of hydrogen-bond donors (Lipinski definition) is 2. The van der Waals surface area contributed by atoms with Crippen LogP contribution in [0.25, 0.3) is 22.2 Å². The van der Waals surface area contributed by atoms with Crippen LogP contribution in [0.1, 0.15) is 19.3 Å². The van der Waals surface area contributed by atoms with Crippen molar-refractivity contribution in [2.45, 2.75) is 31.3 Å². The molecule has 10 nitrogen and oxygen atoms in total. The number of nitrogens with one attached hydrogen (secondary N) is 2. The van der Waals surface area contributed by atoms with Crippen LogP contribution in [-0.2, 0) is 9.53 Å². The van der Waals surface area contributed by atoms with Gasteiger partial charge in [0.15, 0.2) is 11.6 Å². The van der Waals surface area contributed by atoms with E-state index in [1.165, 1.54) is 20.3 Å². The average molecular weight is 602 g/mol. The summed E-state index contributed by atoms with van der Waals surface area (Å²) in [6.45, 7) is 6.29. The number of likely N-dealkylation sites (N-methyl/N-ethyl adjacent to an activating group) is 1. The molecule has 218 valence electrons. The third kappa shape index (κ3) is 6.21. The molecule has 0 aliphatic carbocycles. The molecule has 1 aromatic carbocycles. The Morgan fingerprint density at radius 2 is 1.95 bits per heavy atom. The molecule has 0 spiro atoms. The Morgan fingerprint density at radius 1 is 1.20 bits per heavy atom. The second kappa shape index (κ2) is 12.8. The second-order valence-corrected chi connectivity index (χ2v) is 11.1. The van der Waals surface area contributed by atoms with Crippen molar-refractivity contribution in [2.24, 2.45) is 5.92 Å². The van der Waals surface area contributed by atoms with E-state index in [2.05, 4.69) is 34.1 Å². The number of rotatable bonds is 11. The van der Waals surface area contributed by atoms with Gasteiger partial charge in [-0.2, -0.15) is 0 Å². The third-order valence-electron chi connectivity index (χ3n) is 7.78. The van der Waals surface area contributed by atoms with E-state index in [4.69, 9.17) is 47.4 Å². The van der Waals surface area contributed by atoms with Crippen LogP contribution in [0, 0.1) is 5.92 Å². The highest BCUT2D eigenvalue weighted by Crippen LogP contribution is 2.46. The van der Waals surface area contributed by atoms with Crippen molar-refractivity contribution in [3.8, 4) is 22.8 Å². The van der Waals surface area contributed by atoms with Gasteiger partial charge in [-0.1, -0.05) is 29.8 Å². The predicted molar refractivity (Wildman–Crippen MR) is 162 cm³/mol. The number of carbonyl (C=O) groups is 1. The highest BCUT2D eigenvalue weighted by atomic mass is 35.5. The number of pyridine rings is 1. The molecule has 2 saturated heterocycles. The van der Waals surface area contributed by atoms with E-state index in [-0.39, 0.29) is 17.7 Å². The lowest BCUT2D eigenvalue weighted by Gasteiger charge is -2.21. The summed E-state index contributed by atoms with van der Waals surface area (Å²) in [5, 5.41) is 8.30. The summed E-state index contributed by atoms with van der Waals surface area (Å²) >= 11 is 13.5. The Labute approximate surface area is 249 Å². The molecule has 12 heteroatoms. The Kier molecular flexibility index (Phi) is 9.13. The van der Waals surface area contributed by atoms with Crippen molar-refractivity contribution < 1.29 is 19.0 Å². The summed E-state index contributed by atoms with van der Waals surface area (Å²) in [6.07, 6.45) is 5.69. The molecule has 1 unspecified atom stereocenters. The summed E-state index contributed by atoms with van der Waals surface area (Å²) in [5.41, 5.74) is 1.67. The van der Waals surface area contributed by atoms with Gasteiger partial charge in [0.05, 0.1) is 49.2 Å². The van der Waals surface area contributed by atoms with Crippen LogP contribution in [0.2, 0.25) is 10.0 Å². The molecular weight excluding hydrogens is 567 g/mol. The molecular formula is C29H34Cl2N6O4. The van der Waals surface area contributed by atoms with E-state index in [1.54, 1.807) is 12.3 Å². The summed E-state index contributed by atoms with van der Waals surface area (Å²) in [6, 6.07) is 3.77. The number of fused-ring (bicyclic) bond motifs is 1. The van der Waals surface area contributed by atoms with Crippen molar-refractivity contribution in [2.75, 3.05) is 58.2 Å². The smallest absolute Gasteiger partial charge is 0.223 e. The quantitative estimate of drug-likeness (QED) is 0.288. The summed E-state index contributed by atoms with van der Waals surface area (Å²) in [4.78, 5) is 28.7. The van der Waals surface area contributed by atoms with E-state index in [0.29, 0.717) is 82.3 Å². The molecule has 2 fully saturated rings. The van der Waals surface area contributed by atoms with Gasteiger partial charge in [-0.15, -0.1) is 0 Å². The first-order chi connectivity index (χ1) is 19.8. The first kappa shape index (κ1) is 29.3. The monoisotopic (exact) mass is 600 g/mol. The lowest BCUT2D eigenvalue weighted by atomic mass is 9.97. The average Bonchev–Trinajstić information content (AvgIpc) is 3.59. The fourth-order valence-corrected chi connectivity index (χ4v) is 6.08. The van der Waals surface area contributed by atoms with Crippen LogP contribution >= 0.6 is 23.2 Å². The van der Waals surface area contributed by atoms with E-state index >= 15 is 0 Å². The minimum absolute atomic E-state index is 0.00289. The van der Waals surface area contributed by atoms with Crippen molar-refractivity contribution in [3.63, 3.8) is 0 Å². The molecule has 2 aliphatic rings. The molecule has 2 N–H and O–H groups in total. The summed E-state index contributed by atoms with van der Waals surface area (Å²) < 4.78 is 16.6. The number of allylic oxidation sites excluding steroid dienone is 1. The van der Waals surface area contributed by atoms with E-state index in [1.807, 2.05) is 6.07 Å². The van der Waals surface area contributed by atoms with Gasteiger partial charge in [-0.25, -0.2) is 15.0 Å². The Balaban J connectivity index is 1.55. The molecule has 2 aromatic heterocycles. The maximum absolute atomic E-state index is 12.0. The lowest BCUT2D eigenvalue weighted by Crippen LogP contribution is -2.32. The van der Waals surface area contributed by atoms with Crippen molar-refractivity contribution in [3.05, 3.63) is 41.0 Å². The van der Waals surface area contributed by atoms with Gasteiger partial charge in [0, 0.05) is 48.1 Å². The van der Waals surface area contributed by atoms with Gasteiger partial charge in [-0.05, 0) is 38.6 Å². The van der Waals surface area contributed by atoms with Gasteiger partial charge < -0.3 is 29.7 Å². The minimum Gasteiger partial charge on any atom is -0.495 e. The van der Waals surface area contributed by atoms with E-state index < -0.39 is 0 Å². The summed E-state index contributed by atoms with van der Waals surface area (Å²) in [7, 11) is 5.20. The van der Waals surface area contributed by atoms with E-state index in [9.17, 15) is 4.79 Å². The molecule has 4 heterocycles. The second-order valence-electron chi connectivity index (χ2n) is 10.4. The highest BCUT2D eigenvalue weighted by Gasteiger charge is 2.30. The molecule has 0 bridgehead atoms. The molecule has 3 aromatic rings. The van der Waals surface area contributed by atoms with Crippen molar-refractivity contribution in [1.29, 1.82) is 0 Å². The number of halogens is 2. The first-order valence-electron chi connectivity index (χ1n) is 13.5. The fourth-order valence-electron chi connectivity index (χ4n) is 5.39. The van der Waals surface area contributed by atoms with Gasteiger partial charge >= 0.3 is 0 Å². The molecule has 0 radical (unpaired) electrons. The van der Waals surface area contributed by atoms with Crippen molar-refractivity contribution >= 4 is 51.7 Å². The molecule has 0 saturated carbocycles. The number of ketones is 1. The SMILES string of the molecule is C=CC(=O)C[C@H]1COC[C@H]1Nc1ncc2cc(-c3c(Cl)c(OC)cc(OC)c3Cl)nc(NCC3CCCN3C)c2n1. The van der Waals surface area contributed by atoms with Crippen LogP contribution in [0.4, 0.5) is 11.8 Å². The molecule has 5 rings (SSSR count). The van der Waals surface area contributed by atoms with E-state index in [0.717, 1.165) is 24.8 Å². The largest absolute Gasteiger partial charge is 0.495 e. The number of ether oxygens (including phenoxy) is 3. The normalized spacial score (nSPS) is 20.8. The molecule has 2 aliphatic heterocycles. The minimum atomic E-state index is -0.103. The Bertz CT molecular complexity index is 1430. The van der Waals surface area contributed by atoms with Gasteiger partial charge in [0.1, 0.15) is 17.0 Å². The standard InChI is InChI=1S/C29H34Cl2N6O4/c1-5-19(38)9-17-14-41-15-21(17)35-29-33-12-16-10-20(24-25(30)22(39-3)11-23(40-4)26(24)31)34-28(27(16)36-29)32-13-18-7-6-8-37(18)2/h5,10-12,17-18,21H,1,6-9,13-15H2,2-4H3,(H,32,34)(H,33,35,36)/t17-,18?,21+/m0/s1. The molecule has 0 amide bonds. The number of aromatic nitrogens is 3. The zero-order valence-corrected chi connectivity index (χ0v) is 24.9. The number of carbonyl (C=O) groups excluding carboxylic acids is 1. The van der Waals surface area contributed by atoms with Gasteiger partial charge in [0.25, 0.3) is 0 Å². The maximum atomic E-state index is 12.0. The van der Waals surface area contributed by atoms with Crippen molar-refractivity contribution in [1.82, 2.24) is 19.9 Å². The van der Waals surface area contributed by atoms with Crippen LogP contribution in [0.15, 0.2) is 31.0 Å². The maximum Gasteiger partial charge on any atom is 0.223 e. The number of methoxy groups -OCH3 is 2. The number of likely N-dealkylation sites (tertiary alicyclic amines) is 1. The topological polar surface area (TPSA) is 111 Å². The van der Waals surface area contributed by atoms with Crippen LogP contribution in [0.5, 0.6) is 11.5 Å². The zero-order valence-electron chi connectivity index (χ0n) is 23.4. The number of hydrogen-bond acceptors (Lipinski definition) is 10. The lowest BCUT2D eigenvalue weighted by molar-refractivity contribution is -0.115. The van der Waals surface area contributed by atoms with Crippen LogP contribution in [0.3, 0.4) is 0 Å². The van der Waals surface area contributed by atoms with Gasteiger partial charge in [0.2, 0.25) is 5.95 Å². The molecule has 3 atom stereocenters. The first-order valence-corrected chi connectivity index (χ1v) is 14.3. The van der Waals surface area contributed by atoms with Crippen LogP contribution in [-0.4, -0.2) is 85.3 Å². The fraction of sp³-hybridized carbons (Fsp3) is 0.448. The van der Waals surface area contributed by atoms with Crippen LogP contribution < -0.4 is 20.1 Å². The third-order valence-corrected chi connectivity index (χ3v) is 8.53. The zero-order chi connectivity index (χ0) is 29.1.